The molecule has 2 N–H and O–H groups in total. The van der Waals surface area contributed by atoms with E-state index in [1.54, 1.807) is 0 Å². The van der Waals surface area contributed by atoms with E-state index in [0.717, 1.165) is 43.9 Å². The van der Waals surface area contributed by atoms with Gasteiger partial charge in [-0.15, -0.1) is 0 Å². The van der Waals surface area contributed by atoms with Gasteiger partial charge in [0.2, 0.25) is 5.89 Å². The van der Waals surface area contributed by atoms with Gasteiger partial charge in [0.15, 0.2) is 5.82 Å². The summed E-state index contributed by atoms with van der Waals surface area (Å²) in [5, 5.41) is 4.06. The van der Waals surface area contributed by atoms with Crippen molar-refractivity contribution >= 4 is 0 Å². The molecule has 0 saturated heterocycles. The maximum atomic E-state index is 5.71. The SMILES string of the molecule is CCC(C)c1noc(CCC(CCN)C(C)(C)C)n1. The molecule has 0 fully saturated rings. The van der Waals surface area contributed by atoms with Crippen molar-refractivity contribution in [2.75, 3.05) is 6.54 Å². The summed E-state index contributed by atoms with van der Waals surface area (Å²) in [6.45, 7) is 11.8. The Balaban J connectivity index is 2.57. The molecule has 2 unspecified atom stereocenters. The Morgan fingerprint density at radius 1 is 1.26 bits per heavy atom. The molecule has 110 valence electrons. The molecular formula is C15H29N3O. The fourth-order valence-corrected chi connectivity index (χ4v) is 2.26. The van der Waals surface area contributed by atoms with E-state index in [-0.39, 0.29) is 5.41 Å². The van der Waals surface area contributed by atoms with E-state index in [1.165, 1.54) is 0 Å². The highest BCUT2D eigenvalue weighted by atomic mass is 16.5. The molecule has 0 aliphatic carbocycles. The Hall–Kier alpha value is -0.900. The van der Waals surface area contributed by atoms with Crippen LogP contribution in [0.5, 0.6) is 0 Å². The molecule has 4 nitrogen and oxygen atoms in total. The minimum absolute atomic E-state index is 0.277. The zero-order chi connectivity index (χ0) is 14.5. The molecule has 0 bridgehead atoms. The second kappa shape index (κ2) is 7.04. The highest BCUT2D eigenvalue weighted by Gasteiger charge is 2.24. The van der Waals surface area contributed by atoms with Gasteiger partial charge in [-0.25, -0.2) is 0 Å². The van der Waals surface area contributed by atoms with Crippen LogP contribution in [0.1, 0.15) is 71.5 Å². The van der Waals surface area contributed by atoms with Gasteiger partial charge in [0, 0.05) is 12.3 Å². The third kappa shape index (κ3) is 4.94. The molecule has 1 heterocycles. The second-order valence-electron chi connectivity index (χ2n) is 6.53. The summed E-state index contributed by atoms with van der Waals surface area (Å²) < 4.78 is 5.34. The number of rotatable bonds is 7. The van der Waals surface area contributed by atoms with Gasteiger partial charge >= 0.3 is 0 Å². The van der Waals surface area contributed by atoms with Crippen LogP contribution in [-0.4, -0.2) is 16.7 Å². The van der Waals surface area contributed by atoms with E-state index in [9.17, 15) is 0 Å². The van der Waals surface area contributed by atoms with Crippen LogP contribution in [0, 0.1) is 11.3 Å². The normalized spacial score (nSPS) is 15.5. The van der Waals surface area contributed by atoms with Crippen LogP contribution in [0.2, 0.25) is 0 Å². The average molecular weight is 267 g/mol. The lowest BCUT2D eigenvalue weighted by Gasteiger charge is -2.30. The molecule has 0 aliphatic rings. The first-order valence-electron chi connectivity index (χ1n) is 7.41. The standard InChI is InChI=1S/C15H29N3O/c1-6-11(2)14-17-13(19-18-14)8-7-12(9-10-16)15(3,4)5/h11-12H,6-10,16H2,1-5H3. The minimum atomic E-state index is 0.277. The van der Waals surface area contributed by atoms with Gasteiger partial charge in [-0.1, -0.05) is 39.8 Å². The molecule has 1 aromatic heterocycles. The smallest absolute Gasteiger partial charge is 0.226 e. The van der Waals surface area contributed by atoms with Crippen LogP contribution >= 0.6 is 0 Å². The maximum absolute atomic E-state index is 5.71. The summed E-state index contributed by atoms with van der Waals surface area (Å²) in [7, 11) is 0. The topological polar surface area (TPSA) is 64.9 Å². The summed E-state index contributed by atoms with van der Waals surface area (Å²) in [5.74, 6) is 2.57. The van der Waals surface area contributed by atoms with E-state index >= 15 is 0 Å². The summed E-state index contributed by atoms with van der Waals surface area (Å²) in [6.07, 6.45) is 4.00. The lowest BCUT2D eigenvalue weighted by Crippen LogP contribution is -2.24. The number of nitrogens with two attached hydrogens (primary N) is 1. The van der Waals surface area contributed by atoms with Crippen LogP contribution in [0.25, 0.3) is 0 Å². The lowest BCUT2D eigenvalue weighted by atomic mass is 9.76. The first-order valence-corrected chi connectivity index (χ1v) is 7.41. The van der Waals surface area contributed by atoms with Crippen molar-refractivity contribution in [1.29, 1.82) is 0 Å². The summed E-state index contributed by atoms with van der Waals surface area (Å²) in [4.78, 5) is 4.49. The van der Waals surface area contributed by atoms with E-state index in [4.69, 9.17) is 10.3 Å². The third-order valence-corrected chi connectivity index (χ3v) is 3.98. The predicted molar refractivity (Wildman–Crippen MR) is 77.9 cm³/mol. The number of hydrogen-bond acceptors (Lipinski definition) is 4. The minimum Gasteiger partial charge on any atom is -0.339 e. The fraction of sp³-hybridized carbons (Fsp3) is 0.867. The van der Waals surface area contributed by atoms with Crippen molar-refractivity contribution in [2.45, 2.75) is 66.2 Å². The van der Waals surface area contributed by atoms with Gasteiger partial charge in [-0.3, -0.25) is 0 Å². The number of hydrogen-bond donors (Lipinski definition) is 1. The molecule has 0 saturated carbocycles. The van der Waals surface area contributed by atoms with Gasteiger partial charge < -0.3 is 10.3 Å². The van der Waals surface area contributed by atoms with Gasteiger partial charge in [0.05, 0.1) is 0 Å². The lowest BCUT2D eigenvalue weighted by molar-refractivity contribution is 0.208. The number of aromatic nitrogens is 2. The van der Waals surface area contributed by atoms with Crippen molar-refractivity contribution in [2.24, 2.45) is 17.1 Å². The van der Waals surface area contributed by atoms with E-state index in [1.807, 2.05) is 0 Å². The second-order valence-corrected chi connectivity index (χ2v) is 6.53. The van der Waals surface area contributed by atoms with Gasteiger partial charge in [0.25, 0.3) is 0 Å². The zero-order valence-corrected chi connectivity index (χ0v) is 13.1. The van der Waals surface area contributed by atoms with Crippen LogP contribution in [0.3, 0.4) is 0 Å². The van der Waals surface area contributed by atoms with E-state index in [2.05, 4.69) is 44.8 Å². The van der Waals surface area contributed by atoms with Crippen molar-refractivity contribution in [1.82, 2.24) is 10.1 Å². The Labute approximate surface area is 117 Å². The number of aryl methyl sites for hydroxylation is 1. The molecule has 0 amide bonds. The van der Waals surface area contributed by atoms with Crippen molar-refractivity contribution in [3.05, 3.63) is 11.7 Å². The van der Waals surface area contributed by atoms with Crippen LogP contribution in [0.4, 0.5) is 0 Å². The van der Waals surface area contributed by atoms with Gasteiger partial charge in [-0.2, -0.15) is 4.98 Å². The van der Waals surface area contributed by atoms with Crippen LogP contribution in [0.15, 0.2) is 4.52 Å². The molecule has 0 radical (unpaired) electrons. The molecule has 1 aromatic rings. The summed E-state index contributed by atoms with van der Waals surface area (Å²) in [5.41, 5.74) is 5.98. The summed E-state index contributed by atoms with van der Waals surface area (Å²) >= 11 is 0. The van der Waals surface area contributed by atoms with Gasteiger partial charge in [-0.05, 0) is 37.1 Å². The molecule has 0 aromatic carbocycles. The highest BCUT2D eigenvalue weighted by Crippen LogP contribution is 2.32. The first-order chi connectivity index (χ1) is 8.88. The van der Waals surface area contributed by atoms with E-state index < -0.39 is 0 Å². The molecular weight excluding hydrogens is 238 g/mol. The Morgan fingerprint density at radius 2 is 1.95 bits per heavy atom. The highest BCUT2D eigenvalue weighted by molar-refractivity contribution is 4.93. The molecule has 0 aliphatic heterocycles. The van der Waals surface area contributed by atoms with Crippen molar-refractivity contribution in [3.8, 4) is 0 Å². The quantitative estimate of drug-likeness (QED) is 0.820. The zero-order valence-electron chi connectivity index (χ0n) is 13.1. The van der Waals surface area contributed by atoms with Gasteiger partial charge in [0.1, 0.15) is 0 Å². The summed E-state index contributed by atoms with van der Waals surface area (Å²) in [6, 6.07) is 0. The third-order valence-electron chi connectivity index (χ3n) is 3.98. The fourth-order valence-electron chi connectivity index (χ4n) is 2.26. The Bertz CT molecular complexity index is 368. The average Bonchev–Trinajstić information content (AvgIpc) is 2.80. The van der Waals surface area contributed by atoms with Crippen LogP contribution in [-0.2, 0) is 6.42 Å². The van der Waals surface area contributed by atoms with E-state index in [0.29, 0.717) is 11.8 Å². The van der Waals surface area contributed by atoms with Crippen LogP contribution < -0.4 is 5.73 Å². The Kier molecular flexibility index (Phi) is 5.98. The maximum Gasteiger partial charge on any atom is 0.226 e. The molecule has 4 heteroatoms. The van der Waals surface area contributed by atoms with Crippen molar-refractivity contribution in [3.63, 3.8) is 0 Å². The van der Waals surface area contributed by atoms with Crippen molar-refractivity contribution < 1.29 is 4.52 Å². The first kappa shape index (κ1) is 16.2. The Morgan fingerprint density at radius 3 is 2.47 bits per heavy atom. The molecule has 1 rings (SSSR count). The predicted octanol–water partition coefficient (Wildman–Crippen LogP) is 3.53. The molecule has 2 atom stereocenters. The molecule has 19 heavy (non-hydrogen) atoms. The largest absolute Gasteiger partial charge is 0.339 e. The molecule has 0 spiro atoms. The number of nitrogens with zero attached hydrogens (tertiary/aromatic N) is 2. The monoisotopic (exact) mass is 267 g/mol.